The van der Waals surface area contributed by atoms with E-state index in [1.165, 1.54) is 0 Å². The smallest absolute Gasteiger partial charge is 0.526 e. The van der Waals surface area contributed by atoms with Crippen molar-refractivity contribution < 1.29 is 45.1 Å². The molecule has 2 aromatic rings. The van der Waals surface area contributed by atoms with Crippen molar-refractivity contribution in [2.24, 2.45) is 0 Å². The first-order valence-corrected chi connectivity index (χ1v) is 7.44. The van der Waals surface area contributed by atoms with Gasteiger partial charge in [0.05, 0.1) is 10.0 Å². The minimum Gasteiger partial charge on any atom is -0.526 e. The lowest BCUT2D eigenvalue weighted by atomic mass is 10.2. The zero-order chi connectivity index (χ0) is 20.2. The zero-order valence-electron chi connectivity index (χ0n) is 12.7. The molecular weight excluding hydrogens is 428 g/mol. The van der Waals surface area contributed by atoms with Crippen LogP contribution in [0.4, 0.5) is 26.3 Å². The highest BCUT2D eigenvalue weighted by Crippen LogP contribution is 2.34. The van der Waals surface area contributed by atoms with E-state index in [4.69, 9.17) is 32.5 Å². The number of ether oxygens (including phenoxy) is 2. The maximum Gasteiger partial charge on any atom is 0.658 e. The van der Waals surface area contributed by atoms with E-state index in [1.54, 1.807) is 0 Å². The van der Waals surface area contributed by atoms with Crippen molar-refractivity contribution >= 4 is 30.9 Å². The number of hydrogen-bond donors (Lipinski definition) is 0. The molecule has 0 aliphatic heterocycles. The number of benzene rings is 2. The Hall–Kier alpha value is -2.14. The van der Waals surface area contributed by atoms with E-state index < -0.39 is 24.2 Å². The molecule has 0 aliphatic rings. The van der Waals surface area contributed by atoms with E-state index in [1.807, 2.05) is 0 Å². The zero-order valence-corrected chi connectivity index (χ0v) is 14.2. The van der Waals surface area contributed by atoms with E-state index in [9.17, 15) is 26.3 Å². The van der Waals surface area contributed by atoms with Crippen LogP contribution in [0.25, 0.3) is 0 Å². The summed E-state index contributed by atoms with van der Waals surface area (Å²) in [5, 5.41) is -0.732. The number of alkyl halides is 6. The van der Waals surface area contributed by atoms with Crippen molar-refractivity contribution in [1.29, 1.82) is 0 Å². The monoisotopic (exact) mass is 433 g/mol. The van der Waals surface area contributed by atoms with Crippen molar-refractivity contribution in [3.63, 3.8) is 0 Å². The van der Waals surface area contributed by atoms with Crippen LogP contribution in [0, 0.1) is 0 Å². The molecule has 27 heavy (non-hydrogen) atoms. The number of halogens is 8. The van der Waals surface area contributed by atoms with Gasteiger partial charge in [-0.2, -0.15) is 0 Å². The van der Waals surface area contributed by atoms with Gasteiger partial charge in [0.25, 0.3) is 0 Å². The molecule has 0 spiro atoms. The van der Waals surface area contributed by atoms with Crippen molar-refractivity contribution in [3.8, 4) is 23.0 Å². The van der Waals surface area contributed by atoms with Gasteiger partial charge in [-0.05, 0) is 24.3 Å². The molecule has 0 saturated heterocycles. The molecule has 4 nitrogen and oxygen atoms in total. The highest BCUT2D eigenvalue weighted by molar-refractivity contribution is 6.32. The molecule has 145 valence electrons. The van der Waals surface area contributed by atoms with E-state index in [-0.39, 0.29) is 21.5 Å². The van der Waals surface area contributed by atoms with Gasteiger partial charge in [0, 0.05) is 12.1 Å². The van der Waals surface area contributed by atoms with Crippen LogP contribution in [0.1, 0.15) is 0 Å². The van der Waals surface area contributed by atoms with Crippen molar-refractivity contribution in [2.45, 2.75) is 12.7 Å². The average molecular weight is 434 g/mol. The Labute approximate surface area is 158 Å². The standard InChI is InChI=1S/C14H6BCl2F6O4/c16-9-5-7(1-3-11(9)24-13(18,19)20)26-15-27-8-2-4-12(10(17)6-8)25-14(21,22)23/h1-6H. The summed E-state index contributed by atoms with van der Waals surface area (Å²) in [5.41, 5.74) is 0. The normalized spacial score (nSPS) is 11.7. The molecule has 0 saturated carbocycles. The second kappa shape index (κ2) is 8.26. The van der Waals surface area contributed by atoms with E-state index in [2.05, 4.69) is 9.47 Å². The Morgan fingerprint density at radius 3 is 1.33 bits per heavy atom. The van der Waals surface area contributed by atoms with Gasteiger partial charge in [0.15, 0.2) is 0 Å². The largest absolute Gasteiger partial charge is 0.658 e. The van der Waals surface area contributed by atoms with E-state index >= 15 is 0 Å². The molecule has 2 aromatic carbocycles. The SMILES string of the molecule is FC(F)(F)Oc1ccc(O[B]Oc2ccc(OC(F)(F)F)c(Cl)c2)cc1Cl. The van der Waals surface area contributed by atoms with Gasteiger partial charge in [0.2, 0.25) is 0 Å². The number of hydrogen-bond acceptors (Lipinski definition) is 4. The maximum absolute atomic E-state index is 12.1. The maximum atomic E-state index is 12.1. The molecular formula is C14H6BCl2F6O4. The molecule has 0 atom stereocenters. The van der Waals surface area contributed by atoms with E-state index in [0.29, 0.717) is 0 Å². The molecule has 13 heteroatoms. The summed E-state index contributed by atoms with van der Waals surface area (Å²) in [6.45, 7) is 0. The molecule has 0 heterocycles. The predicted molar refractivity (Wildman–Crippen MR) is 83.3 cm³/mol. The van der Waals surface area contributed by atoms with Crippen molar-refractivity contribution in [3.05, 3.63) is 46.4 Å². The highest BCUT2D eigenvalue weighted by atomic mass is 35.5. The number of rotatable bonds is 6. The Balaban J connectivity index is 1.93. The molecule has 0 amide bonds. The first kappa shape index (κ1) is 21.2. The molecule has 0 N–H and O–H groups in total. The Morgan fingerprint density at radius 1 is 0.667 bits per heavy atom. The molecule has 1 radical (unpaired) electrons. The van der Waals surface area contributed by atoms with E-state index in [0.717, 1.165) is 44.1 Å². The minimum absolute atomic E-state index is 0.0117. The fourth-order valence-corrected chi connectivity index (χ4v) is 2.08. The summed E-state index contributed by atoms with van der Waals surface area (Å²) >= 11 is 11.3. The summed E-state index contributed by atoms with van der Waals surface area (Å²) in [7, 11) is 0.770. The van der Waals surface area contributed by atoms with Crippen molar-refractivity contribution in [1.82, 2.24) is 0 Å². The lowest BCUT2D eigenvalue weighted by Crippen LogP contribution is -2.17. The Morgan fingerprint density at radius 2 is 1.04 bits per heavy atom. The Bertz CT molecular complexity index is 735. The van der Waals surface area contributed by atoms with Crippen molar-refractivity contribution in [2.75, 3.05) is 0 Å². The topological polar surface area (TPSA) is 36.9 Å². The third-order valence-corrected chi connectivity index (χ3v) is 3.22. The third-order valence-electron chi connectivity index (χ3n) is 2.63. The summed E-state index contributed by atoms with van der Waals surface area (Å²) in [6, 6.07) is 6.18. The van der Waals surface area contributed by atoms with Crippen LogP contribution < -0.4 is 18.8 Å². The molecule has 0 aromatic heterocycles. The second-order valence-electron chi connectivity index (χ2n) is 4.61. The average Bonchev–Trinajstić information content (AvgIpc) is 2.50. The first-order chi connectivity index (χ1) is 12.4. The molecule has 2 rings (SSSR count). The summed E-state index contributed by atoms with van der Waals surface area (Å²) in [6.07, 6.45) is -9.80. The highest BCUT2D eigenvalue weighted by Gasteiger charge is 2.32. The summed E-state index contributed by atoms with van der Waals surface area (Å²) < 4.78 is 90.2. The fraction of sp³-hybridized carbons (Fsp3) is 0.143. The second-order valence-corrected chi connectivity index (χ2v) is 5.43. The van der Waals surface area contributed by atoms with Gasteiger partial charge in [-0.25, -0.2) is 0 Å². The van der Waals surface area contributed by atoms with Crippen LogP contribution in [0.5, 0.6) is 23.0 Å². The molecule has 0 aliphatic carbocycles. The van der Waals surface area contributed by atoms with Gasteiger partial charge >= 0.3 is 20.4 Å². The van der Waals surface area contributed by atoms with Crippen LogP contribution in [0.2, 0.25) is 10.0 Å². The first-order valence-electron chi connectivity index (χ1n) is 6.68. The Kier molecular flexibility index (Phi) is 6.48. The molecule has 0 fully saturated rings. The van der Waals surface area contributed by atoms with Gasteiger partial charge in [-0.1, -0.05) is 23.2 Å². The van der Waals surface area contributed by atoms with Crippen LogP contribution in [0.3, 0.4) is 0 Å². The van der Waals surface area contributed by atoms with Crippen LogP contribution in [-0.4, -0.2) is 20.4 Å². The summed E-state index contributed by atoms with van der Waals surface area (Å²) in [4.78, 5) is 0. The van der Waals surface area contributed by atoms with Crippen LogP contribution in [0.15, 0.2) is 36.4 Å². The lowest BCUT2D eigenvalue weighted by Gasteiger charge is -2.13. The predicted octanol–water partition coefficient (Wildman–Crippen LogP) is 5.78. The van der Waals surface area contributed by atoms with Crippen LogP contribution in [-0.2, 0) is 0 Å². The van der Waals surface area contributed by atoms with Gasteiger partial charge < -0.3 is 18.8 Å². The third kappa shape index (κ3) is 7.18. The lowest BCUT2D eigenvalue weighted by molar-refractivity contribution is -0.275. The molecule has 0 unspecified atom stereocenters. The molecule has 0 bridgehead atoms. The fourth-order valence-electron chi connectivity index (χ4n) is 1.66. The minimum atomic E-state index is -4.90. The van der Waals surface area contributed by atoms with Gasteiger partial charge in [-0.15, -0.1) is 26.3 Å². The van der Waals surface area contributed by atoms with Gasteiger partial charge in [0.1, 0.15) is 23.0 Å². The quantitative estimate of drug-likeness (QED) is 0.427. The summed E-state index contributed by atoms with van der Waals surface area (Å²) in [5.74, 6) is -1.22. The van der Waals surface area contributed by atoms with Gasteiger partial charge in [-0.3, -0.25) is 0 Å². The van der Waals surface area contributed by atoms with Crippen LogP contribution >= 0.6 is 23.2 Å².